The van der Waals surface area contributed by atoms with Crippen molar-refractivity contribution in [1.82, 2.24) is 4.57 Å². The fourth-order valence-corrected chi connectivity index (χ4v) is 3.46. The van der Waals surface area contributed by atoms with Gasteiger partial charge in [0.05, 0.1) is 5.52 Å². The molecule has 0 amide bonds. The molecule has 0 unspecified atom stereocenters. The molecular weight excluding hydrogens is 224 g/mol. The maximum absolute atomic E-state index is 10.2. The highest BCUT2D eigenvalue weighted by Crippen LogP contribution is 2.45. The van der Waals surface area contributed by atoms with Crippen LogP contribution in [-0.4, -0.2) is 16.2 Å². The van der Waals surface area contributed by atoms with E-state index in [9.17, 15) is 5.11 Å². The third-order valence-corrected chi connectivity index (χ3v) is 4.52. The number of aromatic hydroxyl groups is 1. The van der Waals surface area contributed by atoms with Crippen LogP contribution in [0.5, 0.6) is 5.75 Å². The first-order valence-electron chi connectivity index (χ1n) is 6.65. The van der Waals surface area contributed by atoms with E-state index in [1.807, 2.05) is 13.1 Å². The Morgan fingerprint density at radius 3 is 2.72 bits per heavy atom. The summed E-state index contributed by atoms with van der Waals surface area (Å²) in [7, 11) is 2.03. The SMILES string of the molecule is Cn1cc(C2(CN)CCCC2)c2c(O)cccc21. The number of hydrogen-bond donors (Lipinski definition) is 2. The van der Waals surface area contributed by atoms with Gasteiger partial charge in [-0.3, -0.25) is 0 Å². The van der Waals surface area contributed by atoms with Crippen molar-refractivity contribution in [3.63, 3.8) is 0 Å². The minimum atomic E-state index is 0.0678. The topological polar surface area (TPSA) is 51.2 Å². The summed E-state index contributed by atoms with van der Waals surface area (Å²) < 4.78 is 2.10. The zero-order chi connectivity index (χ0) is 12.8. The van der Waals surface area contributed by atoms with Crippen molar-refractivity contribution in [3.8, 4) is 5.75 Å². The van der Waals surface area contributed by atoms with Crippen molar-refractivity contribution in [2.24, 2.45) is 12.8 Å². The molecule has 2 aromatic rings. The van der Waals surface area contributed by atoms with Gasteiger partial charge in [0.15, 0.2) is 0 Å². The van der Waals surface area contributed by atoms with Crippen molar-refractivity contribution >= 4 is 10.9 Å². The fourth-order valence-electron chi connectivity index (χ4n) is 3.46. The lowest BCUT2D eigenvalue weighted by Crippen LogP contribution is -2.31. The normalized spacial score (nSPS) is 18.6. The van der Waals surface area contributed by atoms with Gasteiger partial charge >= 0.3 is 0 Å². The molecule has 0 bridgehead atoms. The number of aryl methyl sites for hydroxylation is 1. The molecule has 1 aliphatic rings. The Hall–Kier alpha value is -1.48. The van der Waals surface area contributed by atoms with Crippen LogP contribution in [0.3, 0.4) is 0 Å². The van der Waals surface area contributed by atoms with E-state index in [4.69, 9.17) is 5.73 Å². The average molecular weight is 244 g/mol. The Bertz CT molecular complexity index is 579. The second kappa shape index (κ2) is 4.02. The predicted molar refractivity (Wildman–Crippen MR) is 73.8 cm³/mol. The molecule has 96 valence electrons. The van der Waals surface area contributed by atoms with Gasteiger partial charge in [0.1, 0.15) is 5.75 Å². The van der Waals surface area contributed by atoms with Crippen molar-refractivity contribution in [2.45, 2.75) is 31.1 Å². The molecule has 18 heavy (non-hydrogen) atoms. The van der Waals surface area contributed by atoms with E-state index in [1.54, 1.807) is 6.07 Å². The van der Waals surface area contributed by atoms with E-state index in [0.29, 0.717) is 12.3 Å². The second-order valence-electron chi connectivity index (χ2n) is 5.52. The molecule has 1 fully saturated rings. The molecule has 3 N–H and O–H groups in total. The Morgan fingerprint density at radius 2 is 2.06 bits per heavy atom. The number of benzene rings is 1. The zero-order valence-corrected chi connectivity index (χ0v) is 10.8. The predicted octanol–water partition coefficient (Wildman–Crippen LogP) is 2.65. The van der Waals surface area contributed by atoms with Crippen LogP contribution in [0.2, 0.25) is 0 Å². The smallest absolute Gasteiger partial charge is 0.125 e. The summed E-state index contributed by atoms with van der Waals surface area (Å²) in [5, 5.41) is 11.2. The molecule has 0 spiro atoms. The highest BCUT2D eigenvalue weighted by atomic mass is 16.3. The lowest BCUT2D eigenvalue weighted by atomic mass is 9.79. The average Bonchev–Trinajstić information content (AvgIpc) is 2.96. The summed E-state index contributed by atoms with van der Waals surface area (Å²) in [6.45, 7) is 0.667. The van der Waals surface area contributed by atoms with Crippen LogP contribution in [0.15, 0.2) is 24.4 Å². The fraction of sp³-hybridized carbons (Fsp3) is 0.467. The van der Waals surface area contributed by atoms with Gasteiger partial charge in [0.2, 0.25) is 0 Å². The van der Waals surface area contributed by atoms with Gasteiger partial charge in [-0.05, 0) is 30.5 Å². The van der Waals surface area contributed by atoms with E-state index < -0.39 is 0 Å². The summed E-state index contributed by atoms with van der Waals surface area (Å²) in [4.78, 5) is 0. The highest BCUT2D eigenvalue weighted by Gasteiger charge is 2.37. The van der Waals surface area contributed by atoms with Gasteiger partial charge in [0.25, 0.3) is 0 Å². The molecule has 1 aliphatic carbocycles. The van der Waals surface area contributed by atoms with Gasteiger partial charge in [0, 0.05) is 30.6 Å². The molecule has 1 heterocycles. The van der Waals surface area contributed by atoms with Crippen LogP contribution in [0.1, 0.15) is 31.2 Å². The van der Waals surface area contributed by atoms with Gasteiger partial charge < -0.3 is 15.4 Å². The standard InChI is InChI=1S/C15H20N2O/c1-17-9-11(15(10-16)7-2-3-8-15)14-12(17)5-4-6-13(14)18/h4-6,9,18H,2-3,7-8,10,16H2,1H3. The number of nitrogens with two attached hydrogens (primary N) is 1. The molecule has 3 nitrogen and oxygen atoms in total. The number of aromatic nitrogens is 1. The molecule has 1 aromatic carbocycles. The van der Waals surface area contributed by atoms with Crippen LogP contribution in [-0.2, 0) is 12.5 Å². The number of nitrogens with zero attached hydrogens (tertiary/aromatic N) is 1. The van der Waals surface area contributed by atoms with Crippen molar-refractivity contribution in [2.75, 3.05) is 6.54 Å². The molecule has 0 atom stereocenters. The molecule has 0 aliphatic heterocycles. The van der Waals surface area contributed by atoms with Crippen molar-refractivity contribution < 1.29 is 5.11 Å². The van der Waals surface area contributed by atoms with E-state index in [-0.39, 0.29) is 5.41 Å². The van der Waals surface area contributed by atoms with Crippen LogP contribution in [0.25, 0.3) is 10.9 Å². The Morgan fingerprint density at radius 1 is 1.33 bits per heavy atom. The van der Waals surface area contributed by atoms with E-state index >= 15 is 0 Å². The second-order valence-corrected chi connectivity index (χ2v) is 5.52. The van der Waals surface area contributed by atoms with Crippen LogP contribution in [0.4, 0.5) is 0 Å². The highest BCUT2D eigenvalue weighted by molar-refractivity contribution is 5.90. The van der Waals surface area contributed by atoms with Gasteiger partial charge in [-0.2, -0.15) is 0 Å². The number of rotatable bonds is 2. The molecule has 1 aromatic heterocycles. The largest absolute Gasteiger partial charge is 0.507 e. The Kier molecular flexibility index (Phi) is 2.59. The Labute approximate surface area is 107 Å². The van der Waals surface area contributed by atoms with Gasteiger partial charge in [-0.1, -0.05) is 18.9 Å². The molecular formula is C15H20N2O. The van der Waals surface area contributed by atoms with E-state index in [1.165, 1.54) is 18.4 Å². The molecule has 3 heteroatoms. The van der Waals surface area contributed by atoms with Crippen LogP contribution >= 0.6 is 0 Å². The number of phenolic OH excluding ortho intramolecular Hbond substituents is 1. The van der Waals surface area contributed by atoms with Crippen molar-refractivity contribution in [1.29, 1.82) is 0 Å². The molecule has 0 radical (unpaired) electrons. The van der Waals surface area contributed by atoms with E-state index in [0.717, 1.165) is 23.7 Å². The van der Waals surface area contributed by atoms with Gasteiger partial charge in [-0.15, -0.1) is 0 Å². The van der Waals surface area contributed by atoms with Crippen LogP contribution in [0, 0.1) is 0 Å². The molecule has 0 saturated heterocycles. The monoisotopic (exact) mass is 244 g/mol. The summed E-state index contributed by atoms with van der Waals surface area (Å²) in [6, 6.07) is 5.72. The zero-order valence-electron chi connectivity index (χ0n) is 10.8. The minimum absolute atomic E-state index is 0.0678. The van der Waals surface area contributed by atoms with E-state index in [2.05, 4.69) is 16.8 Å². The third kappa shape index (κ3) is 1.47. The summed E-state index contributed by atoms with van der Waals surface area (Å²) in [6.07, 6.45) is 6.90. The lowest BCUT2D eigenvalue weighted by molar-refractivity contribution is 0.450. The lowest BCUT2D eigenvalue weighted by Gasteiger charge is -2.27. The summed E-state index contributed by atoms with van der Waals surface area (Å²) >= 11 is 0. The van der Waals surface area contributed by atoms with Crippen molar-refractivity contribution in [3.05, 3.63) is 30.0 Å². The maximum atomic E-state index is 10.2. The minimum Gasteiger partial charge on any atom is -0.507 e. The van der Waals surface area contributed by atoms with Crippen LogP contribution < -0.4 is 5.73 Å². The quantitative estimate of drug-likeness (QED) is 0.853. The molecule has 3 rings (SSSR count). The summed E-state index contributed by atoms with van der Waals surface area (Å²) in [5.74, 6) is 0.378. The third-order valence-electron chi connectivity index (χ3n) is 4.52. The van der Waals surface area contributed by atoms with Gasteiger partial charge in [-0.25, -0.2) is 0 Å². The number of fused-ring (bicyclic) bond motifs is 1. The maximum Gasteiger partial charge on any atom is 0.125 e. The summed E-state index contributed by atoms with van der Waals surface area (Å²) in [5.41, 5.74) is 8.45. The Balaban J connectivity index is 2.29. The molecule has 1 saturated carbocycles. The first kappa shape index (κ1) is 11.6. The first-order valence-corrected chi connectivity index (χ1v) is 6.65. The number of hydrogen-bond acceptors (Lipinski definition) is 2. The number of phenols is 1. The first-order chi connectivity index (χ1) is 8.68.